The summed E-state index contributed by atoms with van der Waals surface area (Å²) in [5.74, 6) is 0.0771. The maximum atomic E-state index is 11.5. The molecule has 0 radical (unpaired) electrons. The normalized spacial score (nSPS) is 14.7. The summed E-state index contributed by atoms with van der Waals surface area (Å²) in [4.78, 5) is 11.5. The Morgan fingerprint density at radius 2 is 2.10 bits per heavy atom. The SMILES string of the molecule is CNC(c1ccc2c(c1)CC(=O)N2)c1cccc(C)c1I. The molecular formula is C17H17IN2O. The van der Waals surface area contributed by atoms with Gasteiger partial charge in [-0.15, -0.1) is 0 Å². The molecule has 0 fully saturated rings. The number of hydrogen-bond acceptors (Lipinski definition) is 2. The van der Waals surface area contributed by atoms with Gasteiger partial charge >= 0.3 is 0 Å². The minimum atomic E-state index is 0.0771. The van der Waals surface area contributed by atoms with E-state index in [4.69, 9.17) is 0 Å². The van der Waals surface area contributed by atoms with Gasteiger partial charge in [0.15, 0.2) is 0 Å². The van der Waals surface area contributed by atoms with E-state index in [0.717, 1.165) is 11.3 Å². The number of hydrogen-bond donors (Lipinski definition) is 2. The topological polar surface area (TPSA) is 41.1 Å². The summed E-state index contributed by atoms with van der Waals surface area (Å²) >= 11 is 2.40. The van der Waals surface area contributed by atoms with Crippen LogP contribution in [0.5, 0.6) is 0 Å². The summed E-state index contributed by atoms with van der Waals surface area (Å²) in [6.45, 7) is 2.13. The standard InChI is InChI=1S/C17H17IN2O/c1-10-4-3-5-13(16(10)18)17(19-2)11-6-7-14-12(8-11)9-15(21)20-14/h3-8,17,19H,9H2,1-2H3,(H,20,21). The van der Waals surface area contributed by atoms with Crippen LogP contribution >= 0.6 is 22.6 Å². The number of amides is 1. The smallest absolute Gasteiger partial charge is 0.228 e. The number of aryl methyl sites for hydroxylation is 1. The van der Waals surface area contributed by atoms with Crippen LogP contribution in [0.4, 0.5) is 5.69 Å². The molecule has 1 aliphatic heterocycles. The first-order chi connectivity index (χ1) is 10.1. The first kappa shape index (κ1) is 14.5. The molecule has 1 heterocycles. The summed E-state index contributed by atoms with van der Waals surface area (Å²) < 4.78 is 1.28. The summed E-state index contributed by atoms with van der Waals surface area (Å²) in [5, 5.41) is 6.28. The van der Waals surface area contributed by atoms with Gasteiger partial charge in [-0.25, -0.2) is 0 Å². The molecule has 1 atom stereocenters. The van der Waals surface area contributed by atoms with Crippen molar-refractivity contribution in [1.29, 1.82) is 0 Å². The van der Waals surface area contributed by atoms with Crippen LogP contribution in [0.1, 0.15) is 28.3 Å². The lowest BCUT2D eigenvalue weighted by atomic mass is 9.95. The van der Waals surface area contributed by atoms with Gasteiger partial charge in [0.25, 0.3) is 0 Å². The monoisotopic (exact) mass is 392 g/mol. The van der Waals surface area contributed by atoms with E-state index in [1.165, 1.54) is 20.3 Å². The van der Waals surface area contributed by atoms with E-state index < -0.39 is 0 Å². The lowest BCUT2D eigenvalue weighted by molar-refractivity contribution is -0.115. The van der Waals surface area contributed by atoms with Crippen molar-refractivity contribution < 1.29 is 4.79 Å². The van der Waals surface area contributed by atoms with Gasteiger partial charge in [-0.05, 0) is 64.9 Å². The Morgan fingerprint density at radius 3 is 2.86 bits per heavy atom. The average molecular weight is 392 g/mol. The van der Waals surface area contributed by atoms with Crippen molar-refractivity contribution in [2.45, 2.75) is 19.4 Å². The summed E-state index contributed by atoms with van der Waals surface area (Å²) in [6, 6.07) is 12.7. The molecule has 2 N–H and O–H groups in total. The van der Waals surface area contributed by atoms with Crippen molar-refractivity contribution in [3.8, 4) is 0 Å². The maximum Gasteiger partial charge on any atom is 0.228 e. The Labute approximate surface area is 138 Å². The molecule has 3 nitrogen and oxygen atoms in total. The zero-order valence-electron chi connectivity index (χ0n) is 12.0. The number of rotatable bonds is 3. The number of carbonyl (C=O) groups is 1. The number of carbonyl (C=O) groups excluding carboxylic acids is 1. The molecule has 0 aromatic heterocycles. The summed E-state index contributed by atoms with van der Waals surface area (Å²) in [7, 11) is 1.97. The van der Waals surface area contributed by atoms with Crippen molar-refractivity contribution in [1.82, 2.24) is 5.32 Å². The van der Waals surface area contributed by atoms with Gasteiger partial charge in [0.2, 0.25) is 5.91 Å². The highest BCUT2D eigenvalue weighted by molar-refractivity contribution is 14.1. The molecule has 2 aromatic rings. The van der Waals surface area contributed by atoms with Crippen LogP contribution in [0.2, 0.25) is 0 Å². The Hall–Kier alpha value is -1.40. The predicted octanol–water partition coefficient (Wildman–Crippen LogP) is 3.40. The first-order valence-corrected chi connectivity index (χ1v) is 8.03. The van der Waals surface area contributed by atoms with E-state index in [-0.39, 0.29) is 11.9 Å². The van der Waals surface area contributed by atoms with Gasteiger partial charge in [0.1, 0.15) is 0 Å². The third kappa shape index (κ3) is 2.70. The van der Waals surface area contributed by atoms with Crippen molar-refractivity contribution in [3.05, 3.63) is 62.2 Å². The number of fused-ring (bicyclic) bond motifs is 1. The van der Waals surface area contributed by atoms with Crippen molar-refractivity contribution >= 4 is 34.2 Å². The van der Waals surface area contributed by atoms with Crippen molar-refractivity contribution in [2.24, 2.45) is 0 Å². The fourth-order valence-electron chi connectivity index (χ4n) is 2.82. The Morgan fingerprint density at radius 1 is 1.29 bits per heavy atom. The number of halogens is 1. The largest absolute Gasteiger partial charge is 0.326 e. The highest BCUT2D eigenvalue weighted by Gasteiger charge is 2.21. The van der Waals surface area contributed by atoms with Gasteiger partial charge in [-0.3, -0.25) is 4.79 Å². The van der Waals surface area contributed by atoms with Crippen LogP contribution in [0.15, 0.2) is 36.4 Å². The number of benzene rings is 2. The lowest BCUT2D eigenvalue weighted by Crippen LogP contribution is -2.19. The van der Waals surface area contributed by atoms with Gasteiger partial charge in [0.05, 0.1) is 12.5 Å². The zero-order valence-corrected chi connectivity index (χ0v) is 14.2. The molecule has 1 aliphatic rings. The second-order valence-electron chi connectivity index (χ2n) is 5.34. The minimum Gasteiger partial charge on any atom is -0.326 e. The van der Waals surface area contributed by atoms with Crippen LogP contribution in [0.25, 0.3) is 0 Å². The average Bonchev–Trinajstić information content (AvgIpc) is 2.83. The van der Waals surface area contributed by atoms with Gasteiger partial charge in [-0.2, -0.15) is 0 Å². The third-order valence-corrected chi connectivity index (χ3v) is 5.38. The van der Waals surface area contributed by atoms with E-state index in [1.807, 2.05) is 13.1 Å². The molecular weight excluding hydrogens is 375 g/mol. The van der Waals surface area contributed by atoms with E-state index in [2.05, 4.69) is 70.5 Å². The van der Waals surface area contributed by atoms with Crippen molar-refractivity contribution in [2.75, 3.05) is 12.4 Å². The number of anilines is 1. The molecule has 108 valence electrons. The van der Waals surface area contributed by atoms with E-state index >= 15 is 0 Å². The second kappa shape index (κ2) is 5.77. The lowest BCUT2D eigenvalue weighted by Gasteiger charge is -2.20. The molecule has 1 amide bonds. The van der Waals surface area contributed by atoms with Crippen LogP contribution in [-0.4, -0.2) is 13.0 Å². The molecule has 0 bridgehead atoms. The summed E-state index contributed by atoms with van der Waals surface area (Å²) in [5.41, 5.74) is 5.77. The van der Waals surface area contributed by atoms with E-state index in [9.17, 15) is 4.79 Å². The van der Waals surface area contributed by atoms with Crippen LogP contribution < -0.4 is 10.6 Å². The molecule has 4 heteroatoms. The zero-order chi connectivity index (χ0) is 15.0. The minimum absolute atomic E-state index is 0.0771. The Balaban J connectivity index is 2.03. The van der Waals surface area contributed by atoms with E-state index in [0.29, 0.717) is 6.42 Å². The summed E-state index contributed by atoms with van der Waals surface area (Å²) in [6.07, 6.45) is 0.477. The molecule has 21 heavy (non-hydrogen) atoms. The number of nitrogens with one attached hydrogen (secondary N) is 2. The van der Waals surface area contributed by atoms with Gasteiger partial charge in [0, 0.05) is 9.26 Å². The molecule has 0 saturated carbocycles. The van der Waals surface area contributed by atoms with Crippen molar-refractivity contribution in [3.63, 3.8) is 0 Å². The highest BCUT2D eigenvalue weighted by atomic mass is 127. The predicted molar refractivity (Wildman–Crippen MR) is 93.6 cm³/mol. The van der Waals surface area contributed by atoms with Crippen LogP contribution in [-0.2, 0) is 11.2 Å². The fraction of sp³-hybridized carbons (Fsp3) is 0.235. The first-order valence-electron chi connectivity index (χ1n) is 6.95. The third-order valence-electron chi connectivity index (χ3n) is 3.91. The van der Waals surface area contributed by atoms with Gasteiger partial charge in [-0.1, -0.05) is 30.3 Å². The quantitative estimate of drug-likeness (QED) is 0.787. The highest BCUT2D eigenvalue weighted by Crippen LogP contribution is 2.31. The second-order valence-corrected chi connectivity index (χ2v) is 6.42. The molecule has 0 aliphatic carbocycles. The van der Waals surface area contributed by atoms with Crippen LogP contribution in [0.3, 0.4) is 0 Å². The maximum absolute atomic E-state index is 11.5. The molecule has 0 spiro atoms. The molecule has 3 rings (SSSR count). The van der Waals surface area contributed by atoms with E-state index in [1.54, 1.807) is 0 Å². The Bertz CT molecular complexity index is 712. The Kier molecular flexibility index (Phi) is 3.99. The van der Waals surface area contributed by atoms with Gasteiger partial charge < -0.3 is 10.6 Å². The molecule has 1 unspecified atom stereocenters. The fourth-order valence-corrected chi connectivity index (χ4v) is 3.49. The molecule has 2 aromatic carbocycles. The van der Waals surface area contributed by atoms with Crippen LogP contribution in [0, 0.1) is 10.5 Å². The molecule has 0 saturated heterocycles.